The molecule has 0 unspecified atom stereocenters. The van der Waals surface area contributed by atoms with Crippen LogP contribution in [0, 0.1) is 6.92 Å². The molecule has 1 heterocycles. The third-order valence-corrected chi connectivity index (χ3v) is 3.87. The van der Waals surface area contributed by atoms with Crippen LogP contribution in [0.2, 0.25) is 5.02 Å². The molecule has 1 aromatic carbocycles. The molecule has 1 atom stereocenters. The van der Waals surface area contributed by atoms with Crippen molar-refractivity contribution >= 4 is 23.5 Å². The summed E-state index contributed by atoms with van der Waals surface area (Å²) in [6.07, 6.45) is 2.20. The fraction of sp³-hybridized carbons (Fsp3) is 0.429. The highest BCUT2D eigenvalue weighted by Gasteiger charge is 2.32. The lowest BCUT2D eigenvalue weighted by atomic mass is 10.0. The lowest BCUT2D eigenvalue weighted by molar-refractivity contribution is -0.143. The average molecular weight is 282 g/mol. The molecule has 4 nitrogen and oxygen atoms in total. The Bertz CT molecular complexity index is 515. The Morgan fingerprint density at radius 2 is 2.11 bits per heavy atom. The van der Waals surface area contributed by atoms with Gasteiger partial charge in [-0.15, -0.1) is 0 Å². The maximum atomic E-state index is 12.4. The van der Waals surface area contributed by atoms with E-state index in [9.17, 15) is 14.7 Å². The fourth-order valence-corrected chi connectivity index (χ4v) is 2.50. The second kappa shape index (κ2) is 5.61. The minimum absolute atomic E-state index is 0.256. The van der Waals surface area contributed by atoms with Crippen molar-refractivity contribution in [3.63, 3.8) is 0 Å². The summed E-state index contributed by atoms with van der Waals surface area (Å²) in [4.78, 5) is 25.0. The number of hydrogen-bond donors (Lipinski definition) is 1. The molecule has 1 aliphatic rings. The van der Waals surface area contributed by atoms with E-state index in [1.807, 2.05) is 6.92 Å². The van der Waals surface area contributed by atoms with Crippen LogP contribution in [-0.4, -0.2) is 34.5 Å². The molecule has 0 bridgehead atoms. The molecule has 0 aromatic heterocycles. The SMILES string of the molecule is Cc1ccc(C(=O)N2CCCC[C@H]2C(=O)O)cc1Cl. The van der Waals surface area contributed by atoms with Gasteiger partial charge < -0.3 is 10.0 Å². The van der Waals surface area contributed by atoms with Crippen LogP contribution < -0.4 is 0 Å². The molecule has 0 saturated carbocycles. The molecule has 102 valence electrons. The number of carbonyl (C=O) groups excluding carboxylic acids is 1. The summed E-state index contributed by atoms with van der Waals surface area (Å²) in [5.41, 5.74) is 1.34. The Morgan fingerprint density at radius 1 is 1.37 bits per heavy atom. The number of amides is 1. The highest BCUT2D eigenvalue weighted by atomic mass is 35.5. The minimum atomic E-state index is -0.939. The minimum Gasteiger partial charge on any atom is -0.480 e. The van der Waals surface area contributed by atoms with Crippen molar-refractivity contribution in [1.82, 2.24) is 4.90 Å². The molecule has 0 spiro atoms. The van der Waals surface area contributed by atoms with Gasteiger partial charge in [0.2, 0.25) is 0 Å². The van der Waals surface area contributed by atoms with Crippen LogP contribution in [0.4, 0.5) is 0 Å². The molecule has 1 amide bonds. The van der Waals surface area contributed by atoms with Crippen LogP contribution in [-0.2, 0) is 4.79 Å². The molecule has 1 N–H and O–H groups in total. The maximum Gasteiger partial charge on any atom is 0.326 e. The van der Waals surface area contributed by atoms with E-state index in [1.165, 1.54) is 4.90 Å². The number of hydrogen-bond acceptors (Lipinski definition) is 2. The molecule has 2 rings (SSSR count). The van der Waals surface area contributed by atoms with Gasteiger partial charge in [0.25, 0.3) is 5.91 Å². The molecule has 5 heteroatoms. The van der Waals surface area contributed by atoms with E-state index < -0.39 is 12.0 Å². The largest absolute Gasteiger partial charge is 0.480 e. The normalized spacial score (nSPS) is 19.3. The van der Waals surface area contributed by atoms with E-state index >= 15 is 0 Å². The third-order valence-electron chi connectivity index (χ3n) is 3.47. The lowest BCUT2D eigenvalue weighted by Crippen LogP contribution is -2.47. The average Bonchev–Trinajstić information content (AvgIpc) is 2.41. The van der Waals surface area contributed by atoms with Crippen molar-refractivity contribution < 1.29 is 14.7 Å². The van der Waals surface area contributed by atoms with Crippen molar-refractivity contribution in [3.05, 3.63) is 34.3 Å². The first kappa shape index (κ1) is 13.9. The van der Waals surface area contributed by atoms with E-state index in [4.69, 9.17) is 11.6 Å². The fourth-order valence-electron chi connectivity index (χ4n) is 2.32. The predicted octanol–water partition coefficient (Wildman–Crippen LogP) is 2.73. The van der Waals surface area contributed by atoms with Gasteiger partial charge >= 0.3 is 5.97 Å². The highest BCUT2D eigenvalue weighted by Crippen LogP contribution is 2.22. The van der Waals surface area contributed by atoms with E-state index in [1.54, 1.807) is 18.2 Å². The topological polar surface area (TPSA) is 57.6 Å². The maximum absolute atomic E-state index is 12.4. The number of rotatable bonds is 2. The summed E-state index contributed by atoms with van der Waals surface area (Å²) in [7, 11) is 0. The van der Waals surface area contributed by atoms with Crippen LogP contribution in [0.15, 0.2) is 18.2 Å². The molecule has 1 fully saturated rings. The van der Waals surface area contributed by atoms with Crippen LogP contribution in [0.5, 0.6) is 0 Å². The number of carboxylic acids is 1. The van der Waals surface area contributed by atoms with Crippen LogP contribution in [0.1, 0.15) is 35.2 Å². The number of aliphatic carboxylic acids is 1. The van der Waals surface area contributed by atoms with Gasteiger partial charge in [0.15, 0.2) is 0 Å². The Labute approximate surface area is 117 Å². The molecule has 1 aliphatic heterocycles. The number of piperidine rings is 1. The molecule has 1 saturated heterocycles. The quantitative estimate of drug-likeness (QED) is 0.907. The zero-order chi connectivity index (χ0) is 14.0. The third kappa shape index (κ3) is 2.89. The van der Waals surface area contributed by atoms with E-state index in [0.29, 0.717) is 23.6 Å². The smallest absolute Gasteiger partial charge is 0.326 e. The van der Waals surface area contributed by atoms with Gasteiger partial charge in [-0.25, -0.2) is 4.79 Å². The summed E-state index contributed by atoms with van der Waals surface area (Å²) in [6, 6.07) is 4.35. The molecule has 19 heavy (non-hydrogen) atoms. The number of carboxylic acid groups (broad SMARTS) is 1. The standard InChI is InChI=1S/C14H16ClNO3/c1-9-5-6-10(8-11(9)15)13(17)16-7-3-2-4-12(16)14(18)19/h5-6,8,12H,2-4,7H2,1H3,(H,18,19)/t12-/m0/s1. The van der Waals surface area contributed by atoms with Crippen LogP contribution in [0.25, 0.3) is 0 Å². The zero-order valence-corrected chi connectivity index (χ0v) is 11.5. The van der Waals surface area contributed by atoms with Crippen LogP contribution in [0.3, 0.4) is 0 Å². The Kier molecular flexibility index (Phi) is 4.10. The van der Waals surface area contributed by atoms with E-state index in [-0.39, 0.29) is 5.91 Å². The number of benzene rings is 1. The summed E-state index contributed by atoms with van der Waals surface area (Å²) >= 11 is 6.01. The Balaban J connectivity index is 2.26. The highest BCUT2D eigenvalue weighted by molar-refractivity contribution is 6.31. The molecular weight excluding hydrogens is 266 g/mol. The van der Waals surface area contributed by atoms with Crippen molar-refractivity contribution in [2.45, 2.75) is 32.2 Å². The van der Waals surface area contributed by atoms with Crippen molar-refractivity contribution in [2.75, 3.05) is 6.54 Å². The first-order chi connectivity index (χ1) is 9.00. The van der Waals surface area contributed by atoms with Gasteiger partial charge in [0, 0.05) is 17.1 Å². The molecule has 1 aromatic rings. The number of carbonyl (C=O) groups is 2. The van der Waals surface area contributed by atoms with Crippen molar-refractivity contribution in [3.8, 4) is 0 Å². The number of halogens is 1. The lowest BCUT2D eigenvalue weighted by Gasteiger charge is -2.33. The Morgan fingerprint density at radius 3 is 2.74 bits per heavy atom. The van der Waals surface area contributed by atoms with Gasteiger partial charge in [0.05, 0.1) is 0 Å². The van der Waals surface area contributed by atoms with Gasteiger partial charge in [-0.1, -0.05) is 17.7 Å². The zero-order valence-electron chi connectivity index (χ0n) is 10.7. The van der Waals surface area contributed by atoms with Gasteiger partial charge in [-0.2, -0.15) is 0 Å². The summed E-state index contributed by atoms with van der Waals surface area (Å²) in [6.45, 7) is 2.35. The molecule has 0 aliphatic carbocycles. The number of aryl methyl sites for hydroxylation is 1. The predicted molar refractivity (Wildman–Crippen MR) is 72.5 cm³/mol. The van der Waals surface area contributed by atoms with Crippen LogP contribution >= 0.6 is 11.6 Å². The Hall–Kier alpha value is -1.55. The van der Waals surface area contributed by atoms with Crippen molar-refractivity contribution in [2.24, 2.45) is 0 Å². The second-order valence-corrected chi connectivity index (χ2v) is 5.22. The first-order valence-electron chi connectivity index (χ1n) is 6.30. The van der Waals surface area contributed by atoms with E-state index in [2.05, 4.69) is 0 Å². The summed E-state index contributed by atoms with van der Waals surface area (Å²) in [5, 5.41) is 9.71. The van der Waals surface area contributed by atoms with Gasteiger partial charge in [-0.05, 0) is 43.9 Å². The molecule has 0 radical (unpaired) electrons. The van der Waals surface area contributed by atoms with E-state index in [0.717, 1.165) is 18.4 Å². The van der Waals surface area contributed by atoms with Gasteiger partial charge in [-0.3, -0.25) is 4.79 Å². The van der Waals surface area contributed by atoms with Crippen molar-refractivity contribution in [1.29, 1.82) is 0 Å². The van der Waals surface area contributed by atoms with Gasteiger partial charge in [0.1, 0.15) is 6.04 Å². The monoisotopic (exact) mass is 281 g/mol. The summed E-state index contributed by atoms with van der Waals surface area (Å²) in [5.74, 6) is -1.19. The second-order valence-electron chi connectivity index (χ2n) is 4.81. The molecular formula is C14H16ClNO3. The summed E-state index contributed by atoms with van der Waals surface area (Å²) < 4.78 is 0. The number of likely N-dealkylation sites (tertiary alicyclic amines) is 1. The number of nitrogens with zero attached hydrogens (tertiary/aromatic N) is 1. The first-order valence-corrected chi connectivity index (χ1v) is 6.68.